The molecule has 0 bridgehead atoms. The zero-order valence-electron chi connectivity index (χ0n) is 13.7. The van der Waals surface area contributed by atoms with Crippen LogP contribution in [0.3, 0.4) is 0 Å². The maximum absolute atomic E-state index is 11.5. The highest BCUT2D eigenvalue weighted by Crippen LogP contribution is 2.40. The van der Waals surface area contributed by atoms with Crippen LogP contribution in [-0.4, -0.2) is 27.3 Å². The molecule has 0 unspecified atom stereocenters. The van der Waals surface area contributed by atoms with Gasteiger partial charge in [0.2, 0.25) is 0 Å². The molecule has 0 aliphatic heterocycles. The van der Waals surface area contributed by atoms with E-state index in [2.05, 4.69) is 15.3 Å². The van der Waals surface area contributed by atoms with Crippen molar-refractivity contribution in [2.45, 2.75) is 30.8 Å². The van der Waals surface area contributed by atoms with Gasteiger partial charge in [0.1, 0.15) is 10.6 Å². The number of thiophene rings is 1. The van der Waals surface area contributed by atoms with Crippen LogP contribution < -0.4 is 5.32 Å². The van der Waals surface area contributed by atoms with Gasteiger partial charge in [-0.2, -0.15) is 0 Å². The van der Waals surface area contributed by atoms with Crippen LogP contribution in [-0.2, 0) is 12.8 Å². The topological polar surface area (TPSA) is 75.1 Å². The minimum atomic E-state index is -0.953. The first-order valence-corrected chi connectivity index (χ1v) is 10.2. The van der Waals surface area contributed by atoms with Crippen LogP contribution in [0.2, 0.25) is 0 Å². The Bertz CT molecular complexity index is 968. The van der Waals surface area contributed by atoms with E-state index in [1.807, 2.05) is 12.3 Å². The summed E-state index contributed by atoms with van der Waals surface area (Å²) in [6.45, 7) is 0. The standard InChI is InChI=1S/C18H17N3O2S2/c1-24-18-20-15(19-12-8-4-2-6-10(12)17(22)23)14-11-7-3-5-9-13(11)25-16(14)21-18/h2,4,6,8H,3,5,7,9H2,1H3,(H,22,23)(H,19,20,21). The number of aryl methyl sites for hydroxylation is 2. The molecule has 2 heterocycles. The van der Waals surface area contributed by atoms with Crippen molar-refractivity contribution >= 4 is 50.8 Å². The van der Waals surface area contributed by atoms with Crippen molar-refractivity contribution in [3.63, 3.8) is 0 Å². The Morgan fingerprint density at radius 2 is 2.04 bits per heavy atom. The first-order chi connectivity index (χ1) is 12.2. The summed E-state index contributed by atoms with van der Waals surface area (Å²) in [5, 5.41) is 14.5. The van der Waals surface area contributed by atoms with Crippen molar-refractivity contribution < 1.29 is 9.90 Å². The monoisotopic (exact) mass is 371 g/mol. The van der Waals surface area contributed by atoms with Crippen molar-refractivity contribution in [3.05, 3.63) is 40.3 Å². The summed E-state index contributed by atoms with van der Waals surface area (Å²) in [6.07, 6.45) is 6.47. The summed E-state index contributed by atoms with van der Waals surface area (Å²) in [7, 11) is 0. The predicted molar refractivity (Wildman–Crippen MR) is 103 cm³/mol. The third kappa shape index (κ3) is 2.98. The molecule has 0 atom stereocenters. The molecule has 128 valence electrons. The number of fused-ring (bicyclic) bond motifs is 3. The first kappa shape index (κ1) is 16.4. The average Bonchev–Trinajstić information content (AvgIpc) is 3.00. The van der Waals surface area contributed by atoms with Gasteiger partial charge >= 0.3 is 5.97 Å². The second-order valence-corrected chi connectivity index (χ2v) is 7.78. The smallest absolute Gasteiger partial charge is 0.337 e. The second kappa shape index (κ2) is 6.65. The number of aromatic carboxylic acids is 1. The summed E-state index contributed by atoms with van der Waals surface area (Å²) >= 11 is 3.24. The van der Waals surface area contributed by atoms with Crippen molar-refractivity contribution in [1.29, 1.82) is 0 Å². The molecule has 0 spiro atoms. The largest absolute Gasteiger partial charge is 0.478 e. The summed E-state index contributed by atoms with van der Waals surface area (Å²) in [5.41, 5.74) is 2.12. The molecule has 2 aromatic heterocycles. The van der Waals surface area contributed by atoms with Gasteiger partial charge < -0.3 is 10.4 Å². The lowest BCUT2D eigenvalue weighted by molar-refractivity contribution is 0.0698. The summed E-state index contributed by atoms with van der Waals surface area (Å²) in [4.78, 5) is 23.2. The van der Waals surface area contributed by atoms with Crippen molar-refractivity contribution in [1.82, 2.24) is 9.97 Å². The predicted octanol–water partition coefficient (Wildman–Crippen LogP) is 4.73. The number of carbonyl (C=O) groups is 1. The molecule has 0 saturated carbocycles. The van der Waals surface area contributed by atoms with Crippen LogP contribution in [0.5, 0.6) is 0 Å². The third-order valence-electron chi connectivity index (χ3n) is 4.39. The minimum absolute atomic E-state index is 0.240. The van der Waals surface area contributed by atoms with E-state index in [0.29, 0.717) is 16.7 Å². The highest BCUT2D eigenvalue weighted by molar-refractivity contribution is 7.98. The molecule has 3 aromatic rings. The molecule has 1 aliphatic rings. The lowest BCUT2D eigenvalue weighted by Crippen LogP contribution is -2.05. The maximum Gasteiger partial charge on any atom is 0.337 e. The lowest BCUT2D eigenvalue weighted by Gasteiger charge is -2.14. The number of aromatic nitrogens is 2. The number of para-hydroxylation sites is 1. The lowest BCUT2D eigenvalue weighted by atomic mass is 9.97. The fourth-order valence-electron chi connectivity index (χ4n) is 3.23. The van der Waals surface area contributed by atoms with Crippen LogP contribution in [0.25, 0.3) is 10.2 Å². The van der Waals surface area contributed by atoms with Gasteiger partial charge in [-0.05, 0) is 49.6 Å². The zero-order chi connectivity index (χ0) is 17.4. The van der Waals surface area contributed by atoms with Crippen LogP contribution in [0.4, 0.5) is 11.5 Å². The molecule has 5 nitrogen and oxygen atoms in total. The third-order valence-corrected chi connectivity index (χ3v) is 6.12. The van der Waals surface area contributed by atoms with Crippen LogP contribution in [0, 0.1) is 0 Å². The highest BCUT2D eigenvalue weighted by atomic mass is 32.2. The Kier molecular flexibility index (Phi) is 4.35. The number of thioether (sulfide) groups is 1. The quantitative estimate of drug-likeness (QED) is 0.510. The van der Waals surface area contributed by atoms with Gasteiger partial charge in [-0.1, -0.05) is 23.9 Å². The van der Waals surface area contributed by atoms with Crippen LogP contribution >= 0.6 is 23.1 Å². The molecule has 2 N–H and O–H groups in total. The number of anilines is 2. The van der Waals surface area contributed by atoms with Gasteiger partial charge in [0.25, 0.3) is 0 Å². The number of hydrogen-bond donors (Lipinski definition) is 2. The highest BCUT2D eigenvalue weighted by Gasteiger charge is 2.22. The molecule has 7 heteroatoms. The molecule has 0 amide bonds. The first-order valence-electron chi connectivity index (χ1n) is 8.13. The summed E-state index contributed by atoms with van der Waals surface area (Å²) in [6, 6.07) is 6.92. The van der Waals surface area contributed by atoms with E-state index in [9.17, 15) is 9.90 Å². The molecule has 1 aromatic carbocycles. The Hall–Kier alpha value is -2.12. The molecule has 1 aliphatic carbocycles. The SMILES string of the molecule is CSc1nc(Nc2ccccc2C(=O)O)c2c3c(sc2n1)CCCC3. The van der Waals surface area contributed by atoms with Crippen LogP contribution in [0.1, 0.15) is 33.6 Å². The zero-order valence-corrected chi connectivity index (χ0v) is 15.3. The molecule has 0 fully saturated rings. The number of benzene rings is 1. The van der Waals surface area contributed by atoms with E-state index in [-0.39, 0.29) is 5.56 Å². The molecule has 25 heavy (non-hydrogen) atoms. The van der Waals surface area contributed by atoms with Gasteiger partial charge in [-0.15, -0.1) is 11.3 Å². The molecular weight excluding hydrogens is 354 g/mol. The Balaban J connectivity index is 1.89. The summed E-state index contributed by atoms with van der Waals surface area (Å²) < 4.78 is 0. The normalized spacial score (nSPS) is 13.6. The second-order valence-electron chi connectivity index (χ2n) is 5.93. The number of nitrogens with zero attached hydrogens (tertiary/aromatic N) is 2. The fourth-order valence-corrected chi connectivity index (χ4v) is 4.91. The number of carboxylic acids is 1. The van der Waals surface area contributed by atoms with Gasteiger partial charge in [-0.25, -0.2) is 14.8 Å². The van der Waals surface area contributed by atoms with E-state index < -0.39 is 5.97 Å². The minimum Gasteiger partial charge on any atom is -0.478 e. The average molecular weight is 371 g/mol. The number of carboxylic acid groups (broad SMARTS) is 1. The van der Waals surface area contributed by atoms with E-state index in [0.717, 1.165) is 23.1 Å². The molecule has 0 saturated heterocycles. The van der Waals surface area contributed by atoms with E-state index in [1.54, 1.807) is 29.5 Å². The van der Waals surface area contributed by atoms with Crippen LogP contribution in [0.15, 0.2) is 29.4 Å². The molecular formula is C18H17N3O2S2. The number of hydrogen-bond acceptors (Lipinski definition) is 6. The van der Waals surface area contributed by atoms with Crippen molar-refractivity contribution in [2.75, 3.05) is 11.6 Å². The van der Waals surface area contributed by atoms with E-state index in [1.165, 1.54) is 35.0 Å². The van der Waals surface area contributed by atoms with E-state index >= 15 is 0 Å². The van der Waals surface area contributed by atoms with E-state index in [4.69, 9.17) is 0 Å². The maximum atomic E-state index is 11.5. The number of nitrogens with one attached hydrogen (secondary N) is 1. The Labute approximate surface area is 153 Å². The van der Waals surface area contributed by atoms with Gasteiger partial charge in [0.15, 0.2) is 5.16 Å². The summed E-state index contributed by atoms with van der Waals surface area (Å²) in [5.74, 6) is -0.242. The van der Waals surface area contributed by atoms with Gasteiger partial charge in [0, 0.05) is 4.88 Å². The van der Waals surface area contributed by atoms with Crippen molar-refractivity contribution in [3.8, 4) is 0 Å². The Morgan fingerprint density at radius 3 is 2.84 bits per heavy atom. The van der Waals surface area contributed by atoms with Crippen molar-refractivity contribution in [2.24, 2.45) is 0 Å². The molecule has 4 rings (SSSR count). The Morgan fingerprint density at radius 1 is 1.24 bits per heavy atom. The van der Waals surface area contributed by atoms with Gasteiger partial charge in [-0.3, -0.25) is 0 Å². The van der Waals surface area contributed by atoms with Gasteiger partial charge in [0.05, 0.1) is 16.6 Å². The number of rotatable bonds is 4. The molecule has 0 radical (unpaired) electrons. The fraction of sp³-hybridized carbons (Fsp3) is 0.278.